The van der Waals surface area contributed by atoms with Crippen LogP contribution >= 0.6 is 0 Å². The lowest BCUT2D eigenvalue weighted by molar-refractivity contribution is 0.292. The maximum Gasteiger partial charge on any atom is 0.139 e. The van der Waals surface area contributed by atoms with E-state index in [1.54, 1.807) is 0 Å². The van der Waals surface area contributed by atoms with Gasteiger partial charge in [-0.2, -0.15) is 0 Å². The van der Waals surface area contributed by atoms with Gasteiger partial charge in [0.25, 0.3) is 0 Å². The summed E-state index contributed by atoms with van der Waals surface area (Å²) in [6.07, 6.45) is 5.80. The predicted molar refractivity (Wildman–Crippen MR) is 132 cm³/mol. The van der Waals surface area contributed by atoms with Crippen molar-refractivity contribution in [3.63, 3.8) is 0 Å². The Morgan fingerprint density at radius 3 is 2.36 bits per heavy atom. The van der Waals surface area contributed by atoms with E-state index in [1.165, 1.54) is 6.33 Å². The van der Waals surface area contributed by atoms with E-state index in [0.717, 1.165) is 73.8 Å². The van der Waals surface area contributed by atoms with E-state index >= 15 is 0 Å². The van der Waals surface area contributed by atoms with Gasteiger partial charge in [0.2, 0.25) is 0 Å². The Hall–Kier alpha value is -2.97. The van der Waals surface area contributed by atoms with Gasteiger partial charge in [0.15, 0.2) is 0 Å². The van der Waals surface area contributed by atoms with Gasteiger partial charge in [0.05, 0.1) is 16.5 Å². The van der Waals surface area contributed by atoms with E-state index in [9.17, 15) is 4.21 Å². The predicted octanol–water partition coefficient (Wildman–Crippen LogP) is 4.47. The van der Waals surface area contributed by atoms with Gasteiger partial charge < -0.3 is 15.8 Å². The molecule has 172 valence electrons. The number of ether oxygens (including phenoxy) is 1. The molecule has 2 fully saturated rings. The van der Waals surface area contributed by atoms with Crippen LogP contribution in [-0.4, -0.2) is 43.4 Å². The number of nitrogens with one attached hydrogen (secondary N) is 1. The standard InChI is InChI=1S/C25H29N5O2S/c26-24-23(19-6-8-21(9-7-19)32-20-4-2-1-3-5-20)25(29-17-28-24)27-16-18-12-14-30(15-13-18)33(31)22-10-11-22/h1-9,17-18,22H,10-16H2,(H3,26,27,28,29). The highest BCUT2D eigenvalue weighted by atomic mass is 32.2. The molecule has 1 saturated carbocycles. The van der Waals surface area contributed by atoms with Crippen LogP contribution in [0.2, 0.25) is 0 Å². The highest BCUT2D eigenvalue weighted by Crippen LogP contribution is 2.34. The van der Waals surface area contributed by atoms with Crippen molar-refractivity contribution in [3.8, 4) is 22.6 Å². The van der Waals surface area contributed by atoms with Crippen LogP contribution < -0.4 is 15.8 Å². The van der Waals surface area contributed by atoms with Crippen LogP contribution in [0.5, 0.6) is 11.5 Å². The minimum Gasteiger partial charge on any atom is -0.457 e. The lowest BCUT2D eigenvalue weighted by Crippen LogP contribution is -2.38. The molecule has 2 aliphatic rings. The van der Waals surface area contributed by atoms with Crippen molar-refractivity contribution >= 4 is 22.6 Å². The number of hydrogen-bond donors (Lipinski definition) is 2. The number of nitrogens with two attached hydrogens (primary N) is 1. The van der Waals surface area contributed by atoms with Crippen LogP contribution in [0.15, 0.2) is 60.9 Å². The molecule has 8 heteroatoms. The molecular weight excluding hydrogens is 434 g/mol. The summed E-state index contributed by atoms with van der Waals surface area (Å²) in [5.41, 5.74) is 7.98. The number of benzene rings is 2. The Morgan fingerprint density at radius 2 is 1.67 bits per heavy atom. The van der Waals surface area contributed by atoms with Gasteiger partial charge in [0.1, 0.15) is 29.5 Å². The third-order valence-electron chi connectivity index (χ3n) is 6.19. The van der Waals surface area contributed by atoms with Crippen LogP contribution in [-0.2, 0) is 11.0 Å². The summed E-state index contributed by atoms with van der Waals surface area (Å²) in [6.45, 7) is 2.61. The number of nitrogen functional groups attached to an aromatic ring is 1. The molecule has 1 unspecified atom stereocenters. The lowest BCUT2D eigenvalue weighted by atomic mass is 9.98. The molecule has 3 N–H and O–H groups in total. The first-order chi connectivity index (χ1) is 16.2. The van der Waals surface area contributed by atoms with Crippen molar-refractivity contribution in [1.82, 2.24) is 14.3 Å². The zero-order valence-electron chi connectivity index (χ0n) is 18.5. The largest absolute Gasteiger partial charge is 0.457 e. The lowest BCUT2D eigenvalue weighted by Gasteiger charge is -2.31. The van der Waals surface area contributed by atoms with Crippen LogP contribution in [0.25, 0.3) is 11.1 Å². The first-order valence-corrected chi connectivity index (χ1v) is 12.7. The molecule has 0 spiro atoms. The maximum atomic E-state index is 12.4. The SMILES string of the molecule is Nc1ncnc(NCC2CCN(S(=O)C3CC3)CC2)c1-c1ccc(Oc2ccccc2)cc1. The molecule has 2 heterocycles. The summed E-state index contributed by atoms with van der Waals surface area (Å²) in [7, 11) is -0.783. The van der Waals surface area contributed by atoms with E-state index in [-0.39, 0.29) is 0 Å². The third kappa shape index (κ3) is 5.34. The summed E-state index contributed by atoms with van der Waals surface area (Å²) >= 11 is 0. The molecule has 1 aliphatic heterocycles. The number of nitrogens with zero attached hydrogens (tertiary/aromatic N) is 3. The number of para-hydroxylation sites is 1. The molecule has 0 bridgehead atoms. The topological polar surface area (TPSA) is 93.4 Å². The molecule has 1 aliphatic carbocycles. The highest BCUT2D eigenvalue weighted by Gasteiger charge is 2.34. The summed E-state index contributed by atoms with van der Waals surface area (Å²) < 4.78 is 20.4. The second kappa shape index (κ2) is 9.89. The molecule has 0 radical (unpaired) electrons. The Balaban J connectivity index is 1.23. The van der Waals surface area contributed by atoms with E-state index in [2.05, 4.69) is 19.6 Å². The molecule has 0 amide bonds. The summed E-state index contributed by atoms with van der Waals surface area (Å²) in [6, 6.07) is 17.5. The van der Waals surface area contributed by atoms with Gasteiger partial charge in [-0.25, -0.2) is 18.5 Å². The molecule has 5 rings (SSSR count). The fraction of sp³-hybridized carbons (Fsp3) is 0.360. The van der Waals surface area contributed by atoms with Crippen LogP contribution in [0.4, 0.5) is 11.6 Å². The summed E-state index contributed by atoms with van der Waals surface area (Å²) in [4.78, 5) is 8.68. The smallest absolute Gasteiger partial charge is 0.139 e. The van der Waals surface area contributed by atoms with Crippen molar-refractivity contribution < 1.29 is 8.95 Å². The molecule has 3 aromatic rings. The summed E-state index contributed by atoms with van der Waals surface area (Å²) in [5.74, 6) is 3.25. The molecule has 1 aromatic heterocycles. The first-order valence-electron chi connectivity index (χ1n) is 11.5. The quantitative estimate of drug-likeness (QED) is 0.512. The van der Waals surface area contributed by atoms with Gasteiger partial charge in [0, 0.05) is 24.9 Å². The normalized spacial score (nSPS) is 18.1. The second-order valence-electron chi connectivity index (χ2n) is 8.65. The number of rotatable bonds is 8. The Labute approximate surface area is 197 Å². The molecule has 33 heavy (non-hydrogen) atoms. The zero-order valence-corrected chi connectivity index (χ0v) is 19.3. The van der Waals surface area contributed by atoms with Crippen LogP contribution in [0.3, 0.4) is 0 Å². The van der Waals surface area contributed by atoms with Gasteiger partial charge in [-0.1, -0.05) is 30.3 Å². The monoisotopic (exact) mass is 463 g/mol. The van der Waals surface area contributed by atoms with Gasteiger partial charge in [-0.15, -0.1) is 0 Å². The highest BCUT2D eigenvalue weighted by molar-refractivity contribution is 7.83. The fourth-order valence-corrected chi connectivity index (χ4v) is 5.68. The van der Waals surface area contributed by atoms with E-state index < -0.39 is 11.0 Å². The van der Waals surface area contributed by atoms with Crippen molar-refractivity contribution in [2.75, 3.05) is 30.7 Å². The number of piperidine rings is 1. The van der Waals surface area contributed by atoms with Crippen molar-refractivity contribution in [3.05, 3.63) is 60.9 Å². The molecule has 7 nitrogen and oxygen atoms in total. The molecule has 1 saturated heterocycles. The molecule has 2 aromatic carbocycles. The van der Waals surface area contributed by atoms with Crippen LogP contribution in [0.1, 0.15) is 25.7 Å². The van der Waals surface area contributed by atoms with Crippen molar-refractivity contribution in [1.29, 1.82) is 0 Å². The van der Waals surface area contributed by atoms with E-state index in [4.69, 9.17) is 10.5 Å². The minimum atomic E-state index is -0.783. The van der Waals surface area contributed by atoms with E-state index in [1.807, 2.05) is 54.6 Å². The average Bonchev–Trinajstić information content (AvgIpc) is 3.70. The van der Waals surface area contributed by atoms with Gasteiger partial charge in [-0.3, -0.25) is 0 Å². The second-order valence-corrected chi connectivity index (χ2v) is 10.4. The van der Waals surface area contributed by atoms with Crippen molar-refractivity contribution in [2.24, 2.45) is 5.92 Å². The fourth-order valence-electron chi connectivity index (χ4n) is 4.15. The minimum absolute atomic E-state index is 0.413. The van der Waals surface area contributed by atoms with Crippen LogP contribution in [0, 0.1) is 5.92 Å². The number of hydrogen-bond acceptors (Lipinski definition) is 6. The first kappa shape index (κ1) is 21.9. The van der Waals surface area contributed by atoms with Crippen molar-refractivity contribution in [2.45, 2.75) is 30.9 Å². The third-order valence-corrected chi connectivity index (χ3v) is 8.11. The Bertz CT molecular complexity index is 1100. The molecule has 1 atom stereocenters. The molecular formula is C25H29N5O2S. The zero-order chi connectivity index (χ0) is 22.6. The number of anilines is 2. The average molecular weight is 464 g/mol. The Kier molecular flexibility index (Phi) is 6.55. The van der Waals surface area contributed by atoms with Gasteiger partial charge >= 0.3 is 0 Å². The number of aromatic nitrogens is 2. The van der Waals surface area contributed by atoms with E-state index in [0.29, 0.717) is 17.0 Å². The van der Waals surface area contributed by atoms with Gasteiger partial charge in [-0.05, 0) is 61.4 Å². The summed E-state index contributed by atoms with van der Waals surface area (Å²) in [5, 5.41) is 3.91. The maximum absolute atomic E-state index is 12.4. The Morgan fingerprint density at radius 1 is 0.970 bits per heavy atom.